The predicted octanol–water partition coefficient (Wildman–Crippen LogP) is 2.82. The SMILES string of the molecule is C[C@@H]1CN(C[C@H]2CCCO2)CC[C@@H]1NCCOc1ccc(F)cc1F. The summed E-state index contributed by atoms with van der Waals surface area (Å²) in [5, 5.41) is 3.51. The molecule has 0 aromatic heterocycles. The quantitative estimate of drug-likeness (QED) is 0.764. The molecule has 140 valence electrons. The summed E-state index contributed by atoms with van der Waals surface area (Å²) in [6, 6.07) is 3.82. The third kappa shape index (κ3) is 5.36. The van der Waals surface area contributed by atoms with Gasteiger partial charge in [0.05, 0.1) is 6.10 Å². The number of likely N-dealkylation sites (tertiary alicyclic amines) is 1. The van der Waals surface area contributed by atoms with Crippen LogP contribution < -0.4 is 10.1 Å². The van der Waals surface area contributed by atoms with Gasteiger partial charge in [-0.05, 0) is 43.9 Å². The highest BCUT2D eigenvalue weighted by molar-refractivity contribution is 5.24. The first-order valence-electron chi connectivity index (χ1n) is 9.27. The van der Waals surface area contributed by atoms with Gasteiger partial charge < -0.3 is 19.7 Å². The Morgan fingerprint density at radius 2 is 2.20 bits per heavy atom. The maximum Gasteiger partial charge on any atom is 0.167 e. The molecule has 0 bridgehead atoms. The van der Waals surface area contributed by atoms with Crippen molar-refractivity contribution in [2.75, 3.05) is 39.4 Å². The molecule has 3 rings (SSSR count). The summed E-state index contributed by atoms with van der Waals surface area (Å²) in [5.41, 5.74) is 0. The molecule has 0 aliphatic carbocycles. The van der Waals surface area contributed by atoms with Crippen LogP contribution in [0.1, 0.15) is 26.2 Å². The molecule has 2 heterocycles. The van der Waals surface area contributed by atoms with E-state index in [4.69, 9.17) is 9.47 Å². The Morgan fingerprint density at radius 3 is 2.92 bits per heavy atom. The van der Waals surface area contributed by atoms with Gasteiger partial charge in [0, 0.05) is 38.3 Å². The molecule has 0 spiro atoms. The van der Waals surface area contributed by atoms with Crippen molar-refractivity contribution in [2.24, 2.45) is 5.92 Å². The molecule has 25 heavy (non-hydrogen) atoms. The van der Waals surface area contributed by atoms with Gasteiger partial charge in [-0.3, -0.25) is 0 Å². The van der Waals surface area contributed by atoms with Crippen molar-refractivity contribution in [1.82, 2.24) is 10.2 Å². The Morgan fingerprint density at radius 1 is 1.32 bits per heavy atom. The highest BCUT2D eigenvalue weighted by Gasteiger charge is 2.28. The van der Waals surface area contributed by atoms with E-state index in [-0.39, 0.29) is 5.75 Å². The van der Waals surface area contributed by atoms with Crippen molar-refractivity contribution in [3.8, 4) is 5.75 Å². The van der Waals surface area contributed by atoms with Gasteiger partial charge in [0.25, 0.3) is 0 Å². The maximum atomic E-state index is 13.5. The summed E-state index contributed by atoms with van der Waals surface area (Å²) in [6.07, 6.45) is 3.88. The lowest BCUT2D eigenvalue weighted by atomic mass is 9.93. The highest BCUT2D eigenvalue weighted by Crippen LogP contribution is 2.20. The molecule has 2 saturated heterocycles. The molecule has 1 aromatic rings. The van der Waals surface area contributed by atoms with Gasteiger partial charge in [0.15, 0.2) is 11.6 Å². The van der Waals surface area contributed by atoms with Crippen LogP contribution in [-0.4, -0.2) is 56.4 Å². The summed E-state index contributed by atoms with van der Waals surface area (Å²) in [4.78, 5) is 2.50. The van der Waals surface area contributed by atoms with Crippen molar-refractivity contribution in [3.63, 3.8) is 0 Å². The number of hydrogen-bond donors (Lipinski definition) is 1. The average molecular weight is 354 g/mol. The van der Waals surface area contributed by atoms with Gasteiger partial charge in [0.2, 0.25) is 0 Å². The topological polar surface area (TPSA) is 33.7 Å². The van der Waals surface area contributed by atoms with E-state index < -0.39 is 11.6 Å². The fraction of sp³-hybridized carbons (Fsp3) is 0.684. The molecule has 2 aliphatic rings. The zero-order valence-corrected chi connectivity index (χ0v) is 14.8. The molecular formula is C19H28F2N2O2. The van der Waals surface area contributed by atoms with E-state index in [0.29, 0.717) is 31.2 Å². The van der Waals surface area contributed by atoms with Crippen LogP contribution in [0.15, 0.2) is 18.2 Å². The third-order valence-corrected chi connectivity index (χ3v) is 5.14. The number of rotatable bonds is 7. The van der Waals surface area contributed by atoms with Crippen LogP contribution in [0.5, 0.6) is 5.75 Å². The van der Waals surface area contributed by atoms with Gasteiger partial charge >= 0.3 is 0 Å². The summed E-state index contributed by atoms with van der Waals surface area (Å²) < 4.78 is 37.5. The van der Waals surface area contributed by atoms with Gasteiger partial charge in [0.1, 0.15) is 12.4 Å². The van der Waals surface area contributed by atoms with E-state index in [1.807, 2.05) is 0 Å². The summed E-state index contributed by atoms with van der Waals surface area (Å²) in [6.45, 7) is 7.39. The molecule has 0 unspecified atom stereocenters. The molecule has 2 aliphatic heterocycles. The molecule has 2 fully saturated rings. The largest absolute Gasteiger partial charge is 0.489 e. The van der Waals surface area contributed by atoms with Crippen LogP contribution in [0.3, 0.4) is 0 Å². The van der Waals surface area contributed by atoms with Crippen LogP contribution in [0, 0.1) is 17.6 Å². The van der Waals surface area contributed by atoms with Gasteiger partial charge in [-0.15, -0.1) is 0 Å². The van der Waals surface area contributed by atoms with Crippen molar-refractivity contribution < 1.29 is 18.3 Å². The number of ether oxygens (including phenoxy) is 2. The lowest BCUT2D eigenvalue weighted by Gasteiger charge is -2.38. The van der Waals surface area contributed by atoms with Crippen molar-refractivity contribution in [2.45, 2.75) is 38.3 Å². The van der Waals surface area contributed by atoms with E-state index in [9.17, 15) is 8.78 Å². The Kier molecular flexibility index (Phi) is 6.62. The lowest BCUT2D eigenvalue weighted by molar-refractivity contribution is 0.0510. The van der Waals surface area contributed by atoms with Gasteiger partial charge in [-0.25, -0.2) is 8.78 Å². The minimum atomic E-state index is -0.657. The Balaban J connectivity index is 1.34. The Bertz CT molecular complexity index is 552. The minimum Gasteiger partial charge on any atom is -0.489 e. The fourth-order valence-electron chi connectivity index (χ4n) is 3.77. The second kappa shape index (κ2) is 8.92. The van der Waals surface area contributed by atoms with Crippen molar-refractivity contribution in [1.29, 1.82) is 0 Å². The van der Waals surface area contributed by atoms with E-state index in [2.05, 4.69) is 17.1 Å². The van der Waals surface area contributed by atoms with Crippen LogP contribution in [-0.2, 0) is 4.74 Å². The number of halogens is 2. The molecular weight excluding hydrogens is 326 g/mol. The van der Waals surface area contributed by atoms with Crippen LogP contribution in [0.4, 0.5) is 8.78 Å². The summed E-state index contributed by atoms with van der Waals surface area (Å²) >= 11 is 0. The second-order valence-corrected chi connectivity index (χ2v) is 7.14. The zero-order valence-electron chi connectivity index (χ0n) is 14.8. The van der Waals surface area contributed by atoms with Crippen molar-refractivity contribution in [3.05, 3.63) is 29.8 Å². The smallest absolute Gasteiger partial charge is 0.167 e. The standard InChI is InChI=1S/C19H28F2N2O2/c1-14-12-23(13-16-3-2-9-24-16)8-6-18(14)22-7-10-25-19-5-4-15(20)11-17(19)21/h4-5,11,14,16,18,22H,2-3,6-10,12-13H2,1H3/t14-,16-,18+/m1/s1. The van der Waals surface area contributed by atoms with Gasteiger partial charge in [-0.2, -0.15) is 0 Å². The predicted molar refractivity (Wildman–Crippen MR) is 92.8 cm³/mol. The molecule has 0 saturated carbocycles. The molecule has 3 atom stereocenters. The first-order chi connectivity index (χ1) is 12.1. The van der Waals surface area contributed by atoms with E-state index in [0.717, 1.165) is 38.7 Å². The lowest BCUT2D eigenvalue weighted by Crippen LogP contribution is -2.50. The third-order valence-electron chi connectivity index (χ3n) is 5.14. The van der Waals surface area contributed by atoms with E-state index in [1.165, 1.54) is 25.0 Å². The van der Waals surface area contributed by atoms with Crippen molar-refractivity contribution >= 4 is 0 Å². The monoisotopic (exact) mass is 354 g/mol. The second-order valence-electron chi connectivity index (χ2n) is 7.14. The number of nitrogens with zero attached hydrogens (tertiary/aromatic N) is 1. The average Bonchev–Trinajstić information content (AvgIpc) is 3.08. The maximum absolute atomic E-state index is 13.5. The van der Waals surface area contributed by atoms with Crippen LogP contribution in [0.2, 0.25) is 0 Å². The number of nitrogens with one attached hydrogen (secondary N) is 1. The Hall–Kier alpha value is -1.24. The number of piperidine rings is 1. The summed E-state index contributed by atoms with van der Waals surface area (Å²) in [5.74, 6) is -0.595. The normalized spacial score (nSPS) is 27.6. The summed E-state index contributed by atoms with van der Waals surface area (Å²) in [7, 11) is 0. The molecule has 4 nitrogen and oxygen atoms in total. The minimum absolute atomic E-state index is 0.0997. The van der Waals surface area contributed by atoms with Gasteiger partial charge in [-0.1, -0.05) is 6.92 Å². The number of hydrogen-bond acceptors (Lipinski definition) is 4. The fourth-order valence-corrected chi connectivity index (χ4v) is 3.77. The van der Waals surface area contributed by atoms with Crippen LogP contribution in [0.25, 0.3) is 0 Å². The van der Waals surface area contributed by atoms with E-state index >= 15 is 0 Å². The Labute approximate surface area is 148 Å². The van der Waals surface area contributed by atoms with E-state index in [1.54, 1.807) is 0 Å². The highest BCUT2D eigenvalue weighted by atomic mass is 19.1. The zero-order chi connectivity index (χ0) is 17.6. The molecule has 1 aromatic carbocycles. The first kappa shape index (κ1) is 18.5. The number of benzene rings is 1. The van der Waals surface area contributed by atoms with Crippen LogP contribution >= 0.6 is 0 Å². The molecule has 0 amide bonds. The molecule has 6 heteroatoms. The first-order valence-corrected chi connectivity index (χ1v) is 9.27. The molecule has 1 N–H and O–H groups in total. The molecule has 0 radical (unpaired) electrons.